The molecule has 1 aliphatic heterocycles. The van der Waals surface area contributed by atoms with Crippen LogP contribution in [0.3, 0.4) is 0 Å². The molecule has 1 fully saturated rings. The molecule has 1 aliphatic rings. The molecule has 0 radical (unpaired) electrons. The fourth-order valence-corrected chi connectivity index (χ4v) is 4.84. The maximum atomic E-state index is 13.2. The maximum Gasteiger partial charge on any atom is 0.422 e. The first-order valence-corrected chi connectivity index (χ1v) is 13.7. The summed E-state index contributed by atoms with van der Waals surface area (Å²) in [6.07, 6.45) is -0.151. The van der Waals surface area contributed by atoms with E-state index in [1.54, 1.807) is 36.4 Å². The zero-order chi connectivity index (χ0) is 29.4. The number of carbonyl (C=O) groups excluding carboxylic acids is 1. The Hall–Kier alpha value is -3.80. The molecule has 8 nitrogen and oxygen atoms in total. The number of piperidine rings is 1. The zero-order valence-corrected chi connectivity index (χ0v) is 23.0. The molecule has 1 saturated heterocycles. The van der Waals surface area contributed by atoms with E-state index in [9.17, 15) is 22.4 Å². The first-order chi connectivity index (χ1) is 19.6. The summed E-state index contributed by atoms with van der Waals surface area (Å²) in [5, 5.41) is 5.85. The molecule has 41 heavy (non-hydrogen) atoms. The van der Waals surface area contributed by atoms with Crippen LogP contribution >= 0.6 is 0 Å². The van der Waals surface area contributed by atoms with Gasteiger partial charge >= 0.3 is 12.2 Å². The van der Waals surface area contributed by atoms with Crippen LogP contribution in [0.5, 0.6) is 6.01 Å². The maximum absolute atomic E-state index is 13.2. The smallest absolute Gasteiger partial charge is 0.422 e. The van der Waals surface area contributed by atoms with E-state index >= 15 is 0 Å². The van der Waals surface area contributed by atoms with Gasteiger partial charge in [-0.3, -0.25) is 9.69 Å². The molecule has 0 spiro atoms. The lowest BCUT2D eigenvalue weighted by molar-refractivity contribution is -0.154. The van der Waals surface area contributed by atoms with Crippen LogP contribution in [0.1, 0.15) is 55.5 Å². The van der Waals surface area contributed by atoms with Gasteiger partial charge in [-0.25, -0.2) is 4.39 Å². The number of likely N-dealkylation sites (tertiary alicyclic amines) is 1. The van der Waals surface area contributed by atoms with Crippen LogP contribution in [0, 0.1) is 5.82 Å². The Morgan fingerprint density at radius 3 is 2.49 bits per heavy atom. The standard InChI is InChI=1S/C29H34F4N6O2/c1-19-6-3-7-20(2)39(19)15-5-14-34-26(40)23-9-4-8-22(16-23)25-36-27(35-17-21-10-12-24(30)13-11-21)38-28(37-25)41-18-29(31,32)33/h4,8-13,16,19-20H,3,5-7,14-15,17-18H2,1-2H3,(H,34,40)(H,35,36,37,38). The van der Waals surface area contributed by atoms with Gasteiger partial charge in [0, 0.05) is 42.8 Å². The first kappa shape index (κ1) is 30.2. The van der Waals surface area contributed by atoms with Gasteiger partial charge in [0.05, 0.1) is 0 Å². The second kappa shape index (κ2) is 13.7. The second-order valence-electron chi connectivity index (χ2n) is 10.2. The van der Waals surface area contributed by atoms with Crippen molar-refractivity contribution in [2.24, 2.45) is 0 Å². The molecule has 3 aromatic rings. The van der Waals surface area contributed by atoms with Crippen molar-refractivity contribution in [3.8, 4) is 17.4 Å². The molecular formula is C29H34F4N6O2. The molecule has 2 atom stereocenters. The van der Waals surface area contributed by atoms with Crippen molar-refractivity contribution in [2.45, 2.75) is 64.3 Å². The molecule has 0 bridgehead atoms. The number of hydrogen-bond donors (Lipinski definition) is 2. The predicted molar refractivity (Wildman–Crippen MR) is 147 cm³/mol. The zero-order valence-electron chi connectivity index (χ0n) is 23.0. The van der Waals surface area contributed by atoms with Crippen LogP contribution in [0.25, 0.3) is 11.4 Å². The lowest BCUT2D eigenvalue weighted by atomic mass is 9.97. The van der Waals surface area contributed by atoms with Gasteiger partial charge in [0.1, 0.15) is 5.82 Å². The number of nitrogens with one attached hydrogen (secondary N) is 2. The Kier molecular flexibility index (Phi) is 10.1. The van der Waals surface area contributed by atoms with Crippen LogP contribution in [0.4, 0.5) is 23.5 Å². The Bertz CT molecular complexity index is 1300. The summed E-state index contributed by atoms with van der Waals surface area (Å²) >= 11 is 0. The van der Waals surface area contributed by atoms with Crippen LogP contribution in [-0.2, 0) is 6.54 Å². The van der Waals surface area contributed by atoms with Gasteiger partial charge in [0.25, 0.3) is 5.91 Å². The topological polar surface area (TPSA) is 92.3 Å². The van der Waals surface area contributed by atoms with Crippen molar-refractivity contribution in [2.75, 3.05) is 25.0 Å². The first-order valence-electron chi connectivity index (χ1n) is 13.7. The van der Waals surface area contributed by atoms with Gasteiger partial charge in [-0.15, -0.1) is 0 Å². The Morgan fingerprint density at radius 2 is 1.78 bits per heavy atom. The number of halogens is 4. The van der Waals surface area contributed by atoms with Crippen LogP contribution in [-0.4, -0.2) is 63.7 Å². The van der Waals surface area contributed by atoms with Crippen molar-refractivity contribution in [1.82, 2.24) is 25.2 Å². The molecule has 2 unspecified atom stereocenters. The van der Waals surface area contributed by atoms with Gasteiger partial charge in [-0.2, -0.15) is 28.1 Å². The number of ether oxygens (including phenoxy) is 1. The number of benzene rings is 2. The van der Waals surface area contributed by atoms with E-state index < -0.39 is 24.6 Å². The van der Waals surface area contributed by atoms with Crippen molar-refractivity contribution in [3.63, 3.8) is 0 Å². The summed E-state index contributed by atoms with van der Waals surface area (Å²) in [5.41, 5.74) is 1.47. The van der Waals surface area contributed by atoms with E-state index in [-0.39, 0.29) is 24.2 Å². The van der Waals surface area contributed by atoms with Crippen molar-refractivity contribution in [1.29, 1.82) is 0 Å². The summed E-state index contributed by atoms with van der Waals surface area (Å²) < 4.78 is 56.4. The molecule has 0 aliphatic carbocycles. The Balaban J connectivity index is 1.44. The lowest BCUT2D eigenvalue weighted by Gasteiger charge is -2.39. The molecule has 0 saturated carbocycles. The third-order valence-electron chi connectivity index (χ3n) is 6.98. The van der Waals surface area contributed by atoms with Crippen LogP contribution in [0.15, 0.2) is 48.5 Å². The number of nitrogens with zero attached hydrogens (tertiary/aromatic N) is 4. The van der Waals surface area contributed by atoms with E-state index in [0.717, 1.165) is 13.0 Å². The van der Waals surface area contributed by atoms with E-state index in [4.69, 9.17) is 4.74 Å². The van der Waals surface area contributed by atoms with Crippen molar-refractivity contribution < 1.29 is 27.1 Å². The number of aromatic nitrogens is 3. The van der Waals surface area contributed by atoms with Gasteiger partial charge in [0.15, 0.2) is 12.4 Å². The van der Waals surface area contributed by atoms with E-state index in [1.165, 1.54) is 31.4 Å². The van der Waals surface area contributed by atoms with Gasteiger partial charge in [0.2, 0.25) is 5.95 Å². The summed E-state index contributed by atoms with van der Waals surface area (Å²) in [5.74, 6) is -0.674. The minimum atomic E-state index is -4.59. The molecule has 220 valence electrons. The molecule has 1 aromatic heterocycles. The summed E-state index contributed by atoms with van der Waals surface area (Å²) in [6, 6.07) is 12.7. The SMILES string of the molecule is CC1CCCC(C)N1CCCNC(=O)c1cccc(-c2nc(NCc3ccc(F)cc3)nc(OCC(F)(F)F)n2)c1. The summed E-state index contributed by atoms with van der Waals surface area (Å²) in [4.78, 5) is 27.7. The van der Waals surface area contributed by atoms with E-state index in [0.29, 0.717) is 35.3 Å². The minimum Gasteiger partial charge on any atom is -0.454 e. The third kappa shape index (κ3) is 9.10. The number of alkyl halides is 3. The minimum absolute atomic E-state index is 0.0292. The van der Waals surface area contributed by atoms with Crippen molar-refractivity contribution >= 4 is 11.9 Å². The highest BCUT2D eigenvalue weighted by Crippen LogP contribution is 2.24. The van der Waals surface area contributed by atoms with Gasteiger partial charge < -0.3 is 15.4 Å². The fourth-order valence-electron chi connectivity index (χ4n) is 4.84. The summed E-state index contributed by atoms with van der Waals surface area (Å²) in [7, 11) is 0. The van der Waals surface area contributed by atoms with E-state index in [2.05, 4.69) is 44.3 Å². The number of amides is 1. The Labute approximate surface area is 236 Å². The van der Waals surface area contributed by atoms with Crippen LogP contribution < -0.4 is 15.4 Å². The Morgan fingerprint density at radius 1 is 1.05 bits per heavy atom. The molecular weight excluding hydrogens is 540 g/mol. The highest BCUT2D eigenvalue weighted by atomic mass is 19.4. The third-order valence-corrected chi connectivity index (χ3v) is 6.98. The quantitative estimate of drug-likeness (QED) is 0.227. The normalized spacial score (nSPS) is 17.7. The monoisotopic (exact) mass is 574 g/mol. The summed E-state index contributed by atoms with van der Waals surface area (Å²) in [6.45, 7) is 4.50. The van der Waals surface area contributed by atoms with Crippen molar-refractivity contribution in [3.05, 3.63) is 65.5 Å². The average Bonchev–Trinajstić information content (AvgIpc) is 2.94. The number of anilines is 1. The predicted octanol–water partition coefficient (Wildman–Crippen LogP) is 5.61. The fraction of sp³-hybridized carbons (Fsp3) is 0.448. The number of carbonyl (C=O) groups is 1. The second-order valence-corrected chi connectivity index (χ2v) is 10.2. The van der Waals surface area contributed by atoms with Crippen LogP contribution in [0.2, 0.25) is 0 Å². The number of rotatable bonds is 11. The lowest BCUT2D eigenvalue weighted by Crippen LogP contribution is -2.44. The van der Waals surface area contributed by atoms with Gasteiger partial charge in [-0.05, 0) is 62.9 Å². The molecule has 2 aromatic carbocycles. The number of hydrogen-bond acceptors (Lipinski definition) is 7. The van der Waals surface area contributed by atoms with E-state index in [1.807, 2.05) is 0 Å². The average molecular weight is 575 g/mol. The van der Waals surface area contributed by atoms with Gasteiger partial charge in [-0.1, -0.05) is 30.7 Å². The molecule has 4 rings (SSSR count). The molecule has 12 heteroatoms. The highest BCUT2D eigenvalue weighted by molar-refractivity contribution is 5.95. The molecule has 1 amide bonds. The largest absolute Gasteiger partial charge is 0.454 e. The molecule has 2 N–H and O–H groups in total. The molecule has 2 heterocycles. The highest BCUT2D eigenvalue weighted by Gasteiger charge is 2.29.